The number of aliphatic hydroxyl groups is 1. The fourth-order valence-corrected chi connectivity index (χ4v) is 3.87. The molecule has 0 saturated heterocycles. The molecule has 160 valence electrons. The maximum Gasteiger partial charge on any atom is 0.387 e. The number of rotatable bonds is 7. The minimum absolute atomic E-state index is 0.0435. The third kappa shape index (κ3) is 3.94. The number of benzene rings is 2. The van der Waals surface area contributed by atoms with E-state index in [1.54, 1.807) is 22.8 Å². The van der Waals surface area contributed by atoms with Crippen molar-refractivity contribution in [2.75, 3.05) is 0 Å². The lowest BCUT2D eigenvalue weighted by Gasteiger charge is -2.12. The molecule has 1 N–H and O–H groups in total. The van der Waals surface area contributed by atoms with Crippen LogP contribution in [-0.4, -0.2) is 31.6 Å². The summed E-state index contributed by atoms with van der Waals surface area (Å²) in [6.45, 7) is 0.603. The lowest BCUT2D eigenvalue weighted by molar-refractivity contribution is -0.0498. The Kier molecular flexibility index (Phi) is 5.56. The standard InChI is InChI=1S/C23H21F2N3O3/c1-14-11-18(15(2)28(14)16-7-9-17(10-8-16)31-23(24)25)21(30)12-27-20-6-4-3-5-19(20)26-22(27)13-29/h3-11,23,29H,12-13H2,1-2H3. The van der Waals surface area contributed by atoms with Crippen molar-refractivity contribution in [3.63, 3.8) is 0 Å². The second kappa shape index (κ2) is 8.31. The topological polar surface area (TPSA) is 69.3 Å². The van der Waals surface area contributed by atoms with Crippen LogP contribution in [0, 0.1) is 13.8 Å². The molecular formula is C23H21F2N3O3. The summed E-state index contributed by atoms with van der Waals surface area (Å²) in [5.74, 6) is 0.383. The van der Waals surface area contributed by atoms with Gasteiger partial charge in [0.1, 0.15) is 18.2 Å². The van der Waals surface area contributed by atoms with Crippen molar-refractivity contribution < 1.29 is 23.4 Å². The Labute approximate surface area is 177 Å². The first kappa shape index (κ1) is 20.7. The number of fused-ring (bicyclic) bond motifs is 1. The number of para-hydroxylation sites is 2. The second-order valence-corrected chi connectivity index (χ2v) is 7.18. The molecule has 0 fully saturated rings. The van der Waals surface area contributed by atoms with E-state index in [2.05, 4.69) is 9.72 Å². The summed E-state index contributed by atoms with van der Waals surface area (Å²) >= 11 is 0. The Hall–Kier alpha value is -3.52. The molecule has 31 heavy (non-hydrogen) atoms. The zero-order valence-electron chi connectivity index (χ0n) is 17.0. The molecule has 0 radical (unpaired) electrons. The predicted octanol–water partition coefficient (Wildman–Crippen LogP) is 4.42. The van der Waals surface area contributed by atoms with Crippen molar-refractivity contribution in [2.45, 2.75) is 33.6 Å². The lowest BCUT2D eigenvalue weighted by Crippen LogP contribution is -2.14. The quantitative estimate of drug-likeness (QED) is 0.445. The number of carbonyl (C=O) groups excluding carboxylic acids is 1. The van der Waals surface area contributed by atoms with Crippen LogP contribution in [0.5, 0.6) is 5.75 Å². The van der Waals surface area contributed by atoms with Gasteiger partial charge in [-0.25, -0.2) is 4.98 Å². The zero-order chi connectivity index (χ0) is 22.1. The van der Waals surface area contributed by atoms with Crippen molar-refractivity contribution in [3.8, 4) is 11.4 Å². The van der Waals surface area contributed by atoms with Gasteiger partial charge in [-0.3, -0.25) is 4.79 Å². The average Bonchev–Trinajstić information content (AvgIpc) is 3.25. The Morgan fingerprint density at radius 2 is 1.84 bits per heavy atom. The van der Waals surface area contributed by atoms with Gasteiger partial charge in [0, 0.05) is 22.6 Å². The Balaban J connectivity index is 1.65. The van der Waals surface area contributed by atoms with Gasteiger partial charge in [-0.1, -0.05) is 12.1 Å². The van der Waals surface area contributed by atoms with Crippen molar-refractivity contribution in [2.24, 2.45) is 0 Å². The fourth-order valence-electron chi connectivity index (χ4n) is 3.87. The van der Waals surface area contributed by atoms with Crippen LogP contribution in [0.1, 0.15) is 27.6 Å². The number of hydrogen-bond donors (Lipinski definition) is 1. The van der Waals surface area contributed by atoms with Gasteiger partial charge in [-0.2, -0.15) is 8.78 Å². The number of hydrogen-bond acceptors (Lipinski definition) is 4. The largest absolute Gasteiger partial charge is 0.435 e. The van der Waals surface area contributed by atoms with Gasteiger partial charge in [0.05, 0.1) is 17.6 Å². The molecular weight excluding hydrogens is 404 g/mol. The molecule has 2 aromatic heterocycles. The highest BCUT2D eigenvalue weighted by molar-refractivity contribution is 5.98. The smallest absolute Gasteiger partial charge is 0.387 e. The number of alkyl halides is 2. The molecule has 0 bridgehead atoms. The summed E-state index contributed by atoms with van der Waals surface area (Å²) in [5, 5.41) is 9.68. The van der Waals surface area contributed by atoms with Crippen molar-refractivity contribution in [1.82, 2.24) is 14.1 Å². The first-order valence-electron chi connectivity index (χ1n) is 9.71. The van der Waals surface area contributed by atoms with Crippen molar-refractivity contribution in [3.05, 3.63) is 77.4 Å². The fraction of sp³-hybridized carbons (Fsp3) is 0.217. The molecule has 8 heteroatoms. The minimum Gasteiger partial charge on any atom is -0.435 e. The van der Waals surface area contributed by atoms with Gasteiger partial charge in [0.2, 0.25) is 0 Å². The van der Waals surface area contributed by atoms with Gasteiger partial charge in [-0.15, -0.1) is 0 Å². The first-order chi connectivity index (χ1) is 14.9. The summed E-state index contributed by atoms with van der Waals surface area (Å²) in [4.78, 5) is 17.6. The van der Waals surface area contributed by atoms with Crippen LogP contribution in [0.4, 0.5) is 8.78 Å². The summed E-state index contributed by atoms with van der Waals surface area (Å²) < 4.78 is 32.8. The summed E-state index contributed by atoms with van der Waals surface area (Å²) in [7, 11) is 0. The number of ketones is 1. The van der Waals surface area contributed by atoms with Crippen LogP contribution in [0.2, 0.25) is 0 Å². The first-order valence-corrected chi connectivity index (χ1v) is 9.71. The number of imidazole rings is 1. The van der Waals surface area contributed by atoms with Gasteiger partial charge in [0.15, 0.2) is 5.78 Å². The Morgan fingerprint density at radius 3 is 2.52 bits per heavy atom. The number of carbonyl (C=O) groups is 1. The predicted molar refractivity (Wildman–Crippen MR) is 112 cm³/mol. The second-order valence-electron chi connectivity index (χ2n) is 7.18. The van der Waals surface area contributed by atoms with Gasteiger partial charge >= 0.3 is 6.61 Å². The monoisotopic (exact) mass is 425 g/mol. The summed E-state index contributed by atoms with van der Waals surface area (Å²) in [5.41, 5.74) is 4.35. The lowest BCUT2D eigenvalue weighted by atomic mass is 10.1. The number of aliphatic hydroxyl groups excluding tert-OH is 1. The minimum atomic E-state index is -2.88. The molecule has 2 aromatic carbocycles. The maximum absolute atomic E-state index is 13.2. The Bertz CT molecular complexity index is 1240. The van der Waals surface area contributed by atoms with Crippen molar-refractivity contribution >= 4 is 16.8 Å². The molecule has 0 unspecified atom stereocenters. The van der Waals surface area contributed by atoms with Crippen LogP contribution < -0.4 is 4.74 Å². The molecule has 0 aliphatic rings. The SMILES string of the molecule is Cc1cc(C(=O)Cn2c(CO)nc3ccccc32)c(C)n1-c1ccc(OC(F)F)cc1. The van der Waals surface area contributed by atoms with Gasteiger partial charge < -0.3 is 19.0 Å². The van der Waals surface area contributed by atoms with E-state index in [-0.39, 0.29) is 24.7 Å². The number of aryl methyl sites for hydroxylation is 1. The average molecular weight is 425 g/mol. The number of nitrogens with zero attached hydrogens (tertiary/aromatic N) is 3. The molecule has 0 aliphatic heterocycles. The van der Waals surface area contributed by atoms with Crippen LogP contribution in [0.15, 0.2) is 54.6 Å². The molecule has 4 aromatic rings. The molecule has 0 aliphatic carbocycles. The Morgan fingerprint density at radius 1 is 1.13 bits per heavy atom. The highest BCUT2D eigenvalue weighted by Crippen LogP contribution is 2.25. The molecule has 0 amide bonds. The van der Waals surface area contributed by atoms with Crippen LogP contribution in [0.25, 0.3) is 16.7 Å². The summed E-state index contributed by atoms with van der Waals surface area (Å²) in [6.07, 6.45) is 0. The third-order valence-electron chi connectivity index (χ3n) is 5.23. The number of halogens is 2. The van der Waals surface area contributed by atoms with E-state index in [4.69, 9.17) is 0 Å². The molecule has 6 nitrogen and oxygen atoms in total. The molecule has 4 rings (SSSR count). The normalized spacial score (nSPS) is 11.4. The van der Waals surface area contributed by atoms with Gasteiger partial charge in [-0.05, 0) is 56.3 Å². The van der Waals surface area contributed by atoms with Crippen LogP contribution in [0.3, 0.4) is 0 Å². The van der Waals surface area contributed by atoms with E-state index in [0.29, 0.717) is 11.4 Å². The third-order valence-corrected chi connectivity index (χ3v) is 5.23. The summed E-state index contributed by atoms with van der Waals surface area (Å²) in [6, 6.07) is 15.5. The molecule has 0 spiro atoms. The van der Waals surface area contributed by atoms with Crippen LogP contribution in [-0.2, 0) is 13.2 Å². The zero-order valence-corrected chi connectivity index (χ0v) is 17.0. The number of ether oxygens (including phenoxy) is 1. The molecule has 0 atom stereocenters. The highest BCUT2D eigenvalue weighted by atomic mass is 19.3. The van der Waals surface area contributed by atoms with E-state index in [1.807, 2.05) is 42.7 Å². The van der Waals surface area contributed by atoms with E-state index in [0.717, 1.165) is 28.1 Å². The highest BCUT2D eigenvalue weighted by Gasteiger charge is 2.20. The molecule has 0 saturated carbocycles. The maximum atomic E-state index is 13.2. The van der Waals surface area contributed by atoms with E-state index in [9.17, 15) is 18.7 Å². The van der Waals surface area contributed by atoms with Crippen molar-refractivity contribution in [1.29, 1.82) is 0 Å². The molecule has 2 heterocycles. The van der Waals surface area contributed by atoms with Crippen LogP contribution >= 0.6 is 0 Å². The van der Waals surface area contributed by atoms with E-state index in [1.165, 1.54) is 12.1 Å². The number of Topliss-reactive ketones (excluding diaryl/α,β-unsaturated/α-hetero) is 1. The number of aromatic nitrogens is 3. The van der Waals surface area contributed by atoms with Gasteiger partial charge in [0.25, 0.3) is 0 Å². The van der Waals surface area contributed by atoms with E-state index >= 15 is 0 Å². The van der Waals surface area contributed by atoms with E-state index < -0.39 is 6.61 Å².